The molecule has 0 aliphatic carbocycles. The van der Waals surface area contributed by atoms with E-state index in [4.69, 9.17) is 21.1 Å². The van der Waals surface area contributed by atoms with Crippen molar-refractivity contribution in [2.75, 3.05) is 24.3 Å². The highest BCUT2D eigenvalue weighted by molar-refractivity contribution is 7.99. The standard InChI is InChI=1S/C25H29ClN4O3S/c1-4-14-30-23(11-8-15-33-21-13-12-19(26)16-18(21)3)28-29-25(30)34-17-24(31)27-20-9-6-7-10-22(20)32-5-2/h4,6-7,9-10,12-13,16H,1,5,8,11,14-15,17H2,2-3H3,(H,27,31). The van der Waals surface area contributed by atoms with Crippen LogP contribution in [0, 0.1) is 6.92 Å². The molecule has 1 heterocycles. The number of benzene rings is 2. The summed E-state index contributed by atoms with van der Waals surface area (Å²) in [5.41, 5.74) is 1.65. The van der Waals surface area contributed by atoms with E-state index in [9.17, 15) is 4.79 Å². The summed E-state index contributed by atoms with van der Waals surface area (Å²) in [6.45, 7) is 9.35. The van der Waals surface area contributed by atoms with Gasteiger partial charge in [-0.25, -0.2) is 0 Å². The van der Waals surface area contributed by atoms with Gasteiger partial charge in [0.25, 0.3) is 0 Å². The van der Waals surface area contributed by atoms with Crippen LogP contribution in [0.3, 0.4) is 0 Å². The van der Waals surface area contributed by atoms with Gasteiger partial charge in [-0.2, -0.15) is 0 Å². The summed E-state index contributed by atoms with van der Waals surface area (Å²) in [7, 11) is 0. The monoisotopic (exact) mass is 500 g/mol. The second-order valence-electron chi connectivity index (χ2n) is 7.43. The largest absolute Gasteiger partial charge is 0.493 e. The summed E-state index contributed by atoms with van der Waals surface area (Å²) in [4.78, 5) is 12.5. The molecule has 0 aliphatic rings. The van der Waals surface area contributed by atoms with Crippen LogP contribution in [0.2, 0.25) is 5.02 Å². The zero-order chi connectivity index (χ0) is 24.3. The van der Waals surface area contributed by atoms with Crippen molar-refractivity contribution >= 4 is 35.0 Å². The van der Waals surface area contributed by atoms with Gasteiger partial charge in [-0.05, 0) is 56.2 Å². The third-order valence-corrected chi connectivity index (χ3v) is 6.04. The summed E-state index contributed by atoms with van der Waals surface area (Å²) in [5.74, 6) is 2.37. The van der Waals surface area contributed by atoms with Gasteiger partial charge in [0.2, 0.25) is 5.91 Å². The Balaban J connectivity index is 1.54. The number of aromatic nitrogens is 3. The van der Waals surface area contributed by atoms with Gasteiger partial charge in [0.05, 0.1) is 24.7 Å². The smallest absolute Gasteiger partial charge is 0.234 e. The van der Waals surface area contributed by atoms with Crippen molar-refractivity contribution in [3.8, 4) is 11.5 Å². The summed E-state index contributed by atoms with van der Waals surface area (Å²) in [5, 5.41) is 12.9. The second-order valence-corrected chi connectivity index (χ2v) is 8.80. The van der Waals surface area contributed by atoms with Gasteiger partial charge >= 0.3 is 0 Å². The van der Waals surface area contributed by atoms with Crippen molar-refractivity contribution in [3.05, 3.63) is 71.5 Å². The number of nitrogens with zero attached hydrogens (tertiary/aromatic N) is 3. The third-order valence-electron chi connectivity index (χ3n) is 4.84. The number of carbonyl (C=O) groups excluding carboxylic acids is 1. The molecular formula is C25H29ClN4O3S. The minimum Gasteiger partial charge on any atom is -0.493 e. The predicted molar refractivity (Wildman–Crippen MR) is 137 cm³/mol. The number of amides is 1. The quantitative estimate of drug-likeness (QED) is 0.188. The molecule has 7 nitrogen and oxygen atoms in total. The minimum atomic E-state index is -0.140. The first-order chi connectivity index (χ1) is 16.5. The maximum Gasteiger partial charge on any atom is 0.234 e. The van der Waals surface area contributed by atoms with E-state index in [1.165, 1.54) is 11.8 Å². The SMILES string of the molecule is C=CCn1c(CCCOc2ccc(Cl)cc2C)nnc1SCC(=O)Nc1ccccc1OCC. The van der Waals surface area contributed by atoms with Gasteiger partial charge in [-0.3, -0.25) is 4.79 Å². The highest BCUT2D eigenvalue weighted by Gasteiger charge is 2.14. The summed E-state index contributed by atoms with van der Waals surface area (Å²) >= 11 is 7.34. The fourth-order valence-electron chi connectivity index (χ4n) is 3.28. The number of aryl methyl sites for hydroxylation is 2. The van der Waals surface area contributed by atoms with Crippen LogP contribution in [-0.2, 0) is 17.8 Å². The van der Waals surface area contributed by atoms with Gasteiger partial charge in [0.15, 0.2) is 5.16 Å². The van der Waals surface area contributed by atoms with E-state index in [2.05, 4.69) is 22.1 Å². The number of allylic oxidation sites excluding steroid dienone is 1. The van der Waals surface area contributed by atoms with Crippen LogP contribution in [0.15, 0.2) is 60.3 Å². The third kappa shape index (κ3) is 7.27. The minimum absolute atomic E-state index is 0.140. The van der Waals surface area contributed by atoms with E-state index in [0.717, 1.165) is 23.6 Å². The number of anilines is 1. The van der Waals surface area contributed by atoms with E-state index < -0.39 is 0 Å². The average molecular weight is 501 g/mol. The molecule has 0 atom stereocenters. The molecule has 1 N–H and O–H groups in total. The summed E-state index contributed by atoms with van der Waals surface area (Å²) in [6.07, 6.45) is 3.27. The fraction of sp³-hybridized carbons (Fsp3) is 0.320. The van der Waals surface area contributed by atoms with Crippen molar-refractivity contribution in [2.45, 2.75) is 38.4 Å². The molecule has 180 valence electrons. The molecule has 0 unspecified atom stereocenters. The number of thioether (sulfide) groups is 1. The van der Waals surface area contributed by atoms with Gasteiger partial charge in [0, 0.05) is 18.0 Å². The second kappa shape index (κ2) is 13.1. The van der Waals surface area contributed by atoms with E-state index in [1.807, 2.05) is 60.9 Å². The van der Waals surface area contributed by atoms with Gasteiger partial charge < -0.3 is 19.4 Å². The number of rotatable bonds is 13. The molecule has 34 heavy (non-hydrogen) atoms. The van der Waals surface area contributed by atoms with Crippen LogP contribution >= 0.6 is 23.4 Å². The highest BCUT2D eigenvalue weighted by Crippen LogP contribution is 2.25. The van der Waals surface area contributed by atoms with Gasteiger partial charge in [-0.15, -0.1) is 16.8 Å². The number of carbonyl (C=O) groups is 1. The molecule has 0 saturated heterocycles. The summed E-state index contributed by atoms with van der Waals surface area (Å²) < 4.78 is 13.4. The Kier molecular flexibility index (Phi) is 9.85. The fourth-order valence-corrected chi connectivity index (χ4v) is 4.27. The Morgan fingerprint density at radius 2 is 2.03 bits per heavy atom. The lowest BCUT2D eigenvalue weighted by molar-refractivity contribution is -0.113. The predicted octanol–water partition coefficient (Wildman–Crippen LogP) is 5.57. The number of ether oxygens (including phenoxy) is 2. The topological polar surface area (TPSA) is 78.3 Å². The van der Waals surface area contributed by atoms with Crippen molar-refractivity contribution in [1.29, 1.82) is 0 Å². The first-order valence-corrected chi connectivity index (χ1v) is 12.4. The highest BCUT2D eigenvalue weighted by atomic mass is 35.5. The molecule has 0 bridgehead atoms. The Labute approximate surface area is 209 Å². The molecule has 1 amide bonds. The van der Waals surface area contributed by atoms with Gasteiger partial charge in [-0.1, -0.05) is 41.6 Å². The van der Waals surface area contributed by atoms with E-state index in [0.29, 0.717) is 47.8 Å². The molecular weight excluding hydrogens is 472 g/mol. The van der Waals surface area contributed by atoms with Crippen molar-refractivity contribution < 1.29 is 14.3 Å². The van der Waals surface area contributed by atoms with E-state index in [1.54, 1.807) is 6.08 Å². The maximum atomic E-state index is 12.5. The molecule has 0 spiro atoms. The maximum absolute atomic E-state index is 12.5. The summed E-state index contributed by atoms with van der Waals surface area (Å²) in [6, 6.07) is 13.0. The Bertz CT molecular complexity index is 1120. The lowest BCUT2D eigenvalue weighted by Crippen LogP contribution is -2.15. The van der Waals surface area contributed by atoms with Crippen LogP contribution in [0.25, 0.3) is 0 Å². The van der Waals surface area contributed by atoms with E-state index >= 15 is 0 Å². The van der Waals surface area contributed by atoms with Crippen molar-refractivity contribution in [1.82, 2.24) is 14.8 Å². The molecule has 0 saturated carbocycles. The zero-order valence-electron chi connectivity index (χ0n) is 19.4. The Morgan fingerprint density at radius 3 is 2.79 bits per heavy atom. The Hall–Kier alpha value is -2.97. The lowest BCUT2D eigenvalue weighted by Gasteiger charge is -2.11. The number of halogens is 1. The lowest BCUT2D eigenvalue weighted by atomic mass is 10.2. The van der Waals surface area contributed by atoms with Crippen LogP contribution in [-0.4, -0.2) is 39.6 Å². The zero-order valence-corrected chi connectivity index (χ0v) is 21.0. The normalized spacial score (nSPS) is 10.7. The molecule has 1 aromatic heterocycles. The van der Waals surface area contributed by atoms with Crippen LogP contribution < -0.4 is 14.8 Å². The first-order valence-electron chi connectivity index (χ1n) is 11.1. The number of para-hydroxylation sites is 2. The molecule has 2 aromatic carbocycles. The van der Waals surface area contributed by atoms with Crippen molar-refractivity contribution in [2.24, 2.45) is 0 Å². The van der Waals surface area contributed by atoms with Crippen molar-refractivity contribution in [3.63, 3.8) is 0 Å². The number of nitrogens with one attached hydrogen (secondary N) is 1. The van der Waals surface area contributed by atoms with Crippen LogP contribution in [0.5, 0.6) is 11.5 Å². The van der Waals surface area contributed by atoms with Crippen LogP contribution in [0.1, 0.15) is 24.7 Å². The molecule has 0 radical (unpaired) electrons. The number of hydrogen-bond acceptors (Lipinski definition) is 6. The molecule has 3 rings (SSSR count). The van der Waals surface area contributed by atoms with Gasteiger partial charge in [0.1, 0.15) is 17.3 Å². The van der Waals surface area contributed by atoms with Crippen LogP contribution in [0.4, 0.5) is 5.69 Å². The van der Waals surface area contributed by atoms with E-state index in [-0.39, 0.29) is 11.7 Å². The molecule has 3 aromatic rings. The molecule has 0 fully saturated rings. The first kappa shape index (κ1) is 25.6. The average Bonchev–Trinajstić information content (AvgIpc) is 3.19. The number of hydrogen-bond donors (Lipinski definition) is 1. The molecule has 9 heteroatoms. The molecule has 0 aliphatic heterocycles. The Morgan fingerprint density at radius 1 is 1.21 bits per heavy atom.